The van der Waals surface area contributed by atoms with Gasteiger partial charge in [0, 0.05) is 18.7 Å². The highest BCUT2D eigenvalue weighted by atomic mass is 32.2. The second-order valence-electron chi connectivity index (χ2n) is 5.57. The maximum atomic E-state index is 13.1. The lowest BCUT2D eigenvalue weighted by molar-refractivity contribution is -0.116. The predicted octanol–water partition coefficient (Wildman–Crippen LogP) is 3.02. The molecular weight excluding hydrogens is 359 g/mol. The molecular formula is C18H21FN2O4S. The summed E-state index contributed by atoms with van der Waals surface area (Å²) in [6, 6.07) is 12.1. The monoisotopic (exact) mass is 380 g/mol. The molecule has 140 valence electrons. The van der Waals surface area contributed by atoms with E-state index in [-0.39, 0.29) is 13.0 Å². The smallest absolute Gasteiger partial charge is 0.232 e. The van der Waals surface area contributed by atoms with Crippen molar-refractivity contribution in [2.24, 2.45) is 0 Å². The molecule has 1 N–H and O–H groups in total. The van der Waals surface area contributed by atoms with E-state index in [0.29, 0.717) is 23.7 Å². The zero-order chi connectivity index (χ0) is 19.2. The van der Waals surface area contributed by atoms with Gasteiger partial charge in [0.1, 0.15) is 11.6 Å². The number of rotatable bonds is 8. The normalized spacial score (nSPS) is 11.0. The van der Waals surface area contributed by atoms with Gasteiger partial charge in [0.15, 0.2) is 0 Å². The lowest BCUT2D eigenvalue weighted by Crippen LogP contribution is -2.33. The van der Waals surface area contributed by atoms with Crippen LogP contribution in [0.15, 0.2) is 48.5 Å². The van der Waals surface area contributed by atoms with Gasteiger partial charge in [0.05, 0.1) is 18.6 Å². The summed E-state index contributed by atoms with van der Waals surface area (Å²) in [5.41, 5.74) is 0.761. The highest BCUT2D eigenvalue weighted by molar-refractivity contribution is 7.92. The zero-order valence-electron chi connectivity index (χ0n) is 14.6. The van der Waals surface area contributed by atoms with Crippen molar-refractivity contribution in [3.05, 3.63) is 54.3 Å². The van der Waals surface area contributed by atoms with Crippen molar-refractivity contribution in [2.45, 2.75) is 13.3 Å². The van der Waals surface area contributed by atoms with Crippen LogP contribution in [0.5, 0.6) is 5.75 Å². The van der Waals surface area contributed by atoms with E-state index >= 15 is 0 Å². The molecule has 0 bridgehead atoms. The Hall–Kier alpha value is -2.61. The molecule has 8 heteroatoms. The zero-order valence-corrected chi connectivity index (χ0v) is 15.4. The summed E-state index contributed by atoms with van der Waals surface area (Å²) in [4.78, 5) is 12.1. The Morgan fingerprint density at radius 3 is 2.46 bits per heavy atom. The second-order valence-corrected chi connectivity index (χ2v) is 7.48. The quantitative estimate of drug-likeness (QED) is 0.764. The van der Waals surface area contributed by atoms with E-state index in [9.17, 15) is 17.6 Å². The molecule has 2 aromatic rings. The van der Waals surface area contributed by atoms with Crippen LogP contribution in [-0.2, 0) is 14.8 Å². The summed E-state index contributed by atoms with van der Waals surface area (Å²) >= 11 is 0. The summed E-state index contributed by atoms with van der Waals surface area (Å²) in [5.74, 6) is -0.237. The van der Waals surface area contributed by atoms with Crippen LogP contribution in [0.3, 0.4) is 0 Å². The van der Waals surface area contributed by atoms with Gasteiger partial charge in [-0.1, -0.05) is 6.07 Å². The number of amides is 1. The minimum Gasteiger partial charge on any atom is -0.494 e. The van der Waals surface area contributed by atoms with Crippen LogP contribution in [-0.4, -0.2) is 33.7 Å². The number of halogens is 1. The van der Waals surface area contributed by atoms with Gasteiger partial charge in [-0.15, -0.1) is 0 Å². The van der Waals surface area contributed by atoms with E-state index in [1.807, 2.05) is 6.92 Å². The maximum absolute atomic E-state index is 13.1. The van der Waals surface area contributed by atoms with Gasteiger partial charge in [0.2, 0.25) is 15.9 Å². The van der Waals surface area contributed by atoms with Gasteiger partial charge < -0.3 is 10.1 Å². The lowest BCUT2D eigenvalue weighted by Gasteiger charge is -2.22. The van der Waals surface area contributed by atoms with Crippen LogP contribution in [0, 0.1) is 5.82 Å². The van der Waals surface area contributed by atoms with Crippen LogP contribution in [0.4, 0.5) is 15.8 Å². The number of carbonyl (C=O) groups excluding carboxylic acids is 1. The van der Waals surface area contributed by atoms with Crippen molar-refractivity contribution in [1.82, 2.24) is 0 Å². The maximum Gasteiger partial charge on any atom is 0.232 e. The van der Waals surface area contributed by atoms with Gasteiger partial charge in [-0.25, -0.2) is 12.8 Å². The molecule has 0 aliphatic carbocycles. The Labute approximate surface area is 152 Å². The first-order valence-electron chi connectivity index (χ1n) is 8.05. The van der Waals surface area contributed by atoms with Crippen LogP contribution in [0.25, 0.3) is 0 Å². The van der Waals surface area contributed by atoms with Crippen molar-refractivity contribution < 1.29 is 22.3 Å². The second kappa shape index (κ2) is 8.66. The summed E-state index contributed by atoms with van der Waals surface area (Å²) in [5, 5.41) is 2.55. The predicted molar refractivity (Wildman–Crippen MR) is 99.4 cm³/mol. The molecule has 1 amide bonds. The Morgan fingerprint density at radius 2 is 1.88 bits per heavy atom. The molecule has 0 heterocycles. The van der Waals surface area contributed by atoms with Crippen LogP contribution in [0.2, 0.25) is 0 Å². The number of benzene rings is 2. The van der Waals surface area contributed by atoms with E-state index in [1.165, 1.54) is 18.2 Å². The Morgan fingerprint density at radius 1 is 1.19 bits per heavy atom. The number of nitrogens with zero attached hydrogens (tertiary/aromatic N) is 1. The van der Waals surface area contributed by atoms with Gasteiger partial charge in [-0.2, -0.15) is 0 Å². The fraction of sp³-hybridized carbons (Fsp3) is 0.278. The third-order valence-corrected chi connectivity index (χ3v) is 4.68. The summed E-state index contributed by atoms with van der Waals surface area (Å²) in [6.45, 7) is 2.33. The van der Waals surface area contributed by atoms with Crippen molar-refractivity contribution >= 4 is 27.3 Å². The Balaban J connectivity index is 2.05. The van der Waals surface area contributed by atoms with Crippen molar-refractivity contribution in [2.75, 3.05) is 29.0 Å². The number of nitrogens with one attached hydrogen (secondary N) is 1. The molecule has 0 aliphatic heterocycles. The molecule has 0 spiro atoms. The molecule has 0 aliphatic rings. The van der Waals surface area contributed by atoms with Gasteiger partial charge in [0.25, 0.3) is 0 Å². The van der Waals surface area contributed by atoms with Gasteiger partial charge in [-0.3, -0.25) is 9.10 Å². The Kier molecular flexibility index (Phi) is 6.57. The molecule has 0 saturated heterocycles. The molecule has 0 saturated carbocycles. The minimum atomic E-state index is -3.57. The largest absolute Gasteiger partial charge is 0.494 e. The first-order chi connectivity index (χ1) is 12.3. The SMILES string of the molecule is CCOc1ccc(N(CCC(=O)Nc2cccc(F)c2)S(C)(=O)=O)cc1. The summed E-state index contributed by atoms with van der Waals surface area (Å²) in [7, 11) is -3.57. The van der Waals surface area contributed by atoms with Crippen LogP contribution in [0.1, 0.15) is 13.3 Å². The van der Waals surface area contributed by atoms with Crippen molar-refractivity contribution in [3.63, 3.8) is 0 Å². The molecule has 0 aromatic heterocycles. The Bertz CT molecular complexity index is 854. The highest BCUT2D eigenvalue weighted by Crippen LogP contribution is 2.22. The molecule has 26 heavy (non-hydrogen) atoms. The molecule has 2 aromatic carbocycles. The average Bonchev–Trinajstić information content (AvgIpc) is 2.55. The fourth-order valence-corrected chi connectivity index (χ4v) is 3.28. The summed E-state index contributed by atoms with van der Waals surface area (Å²) in [6.07, 6.45) is 1.00. The first-order valence-corrected chi connectivity index (χ1v) is 9.90. The average molecular weight is 380 g/mol. The molecule has 0 unspecified atom stereocenters. The number of anilines is 2. The minimum absolute atomic E-state index is 0.0338. The van der Waals surface area contributed by atoms with E-state index < -0.39 is 21.7 Å². The number of hydrogen-bond donors (Lipinski definition) is 1. The lowest BCUT2D eigenvalue weighted by atomic mass is 10.2. The van der Waals surface area contributed by atoms with E-state index in [0.717, 1.165) is 10.6 Å². The third kappa shape index (κ3) is 5.73. The van der Waals surface area contributed by atoms with Crippen LogP contribution < -0.4 is 14.4 Å². The number of ether oxygens (including phenoxy) is 1. The third-order valence-electron chi connectivity index (χ3n) is 3.49. The standard InChI is InChI=1S/C18H21FN2O4S/c1-3-25-17-9-7-16(8-10-17)21(26(2,23)24)12-11-18(22)20-15-6-4-5-14(19)13-15/h4-10,13H,3,11-12H2,1-2H3,(H,20,22). The van der Waals surface area contributed by atoms with E-state index in [4.69, 9.17) is 4.74 Å². The van der Waals surface area contributed by atoms with Crippen molar-refractivity contribution in [3.8, 4) is 5.75 Å². The number of carbonyl (C=O) groups is 1. The molecule has 0 atom stereocenters. The molecule has 2 rings (SSSR count). The topological polar surface area (TPSA) is 75.7 Å². The highest BCUT2D eigenvalue weighted by Gasteiger charge is 2.18. The molecule has 0 radical (unpaired) electrons. The van der Waals surface area contributed by atoms with Crippen LogP contribution >= 0.6 is 0 Å². The molecule has 6 nitrogen and oxygen atoms in total. The molecule has 0 fully saturated rings. The van der Waals surface area contributed by atoms with Gasteiger partial charge >= 0.3 is 0 Å². The van der Waals surface area contributed by atoms with Gasteiger partial charge in [-0.05, 0) is 49.4 Å². The number of sulfonamides is 1. The fourth-order valence-electron chi connectivity index (χ4n) is 2.35. The summed E-state index contributed by atoms with van der Waals surface area (Å²) < 4.78 is 43.8. The van der Waals surface area contributed by atoms with E-state index in [2.05, 4.69) is 5.32 Å². The first kappa shape index (κ1) is 19.7. The van der Waals surface area contributed by atoms with Crippen molar-refractivity contribution in [1.29, 1.82) is 0 Å². The van der Waals surface area contributed by atoms with E-state index in [1.54, 1.807) is 30.3 Å². The number of hydrogen-bond acceptors (Lipinski definition) is 4.